The number of benzene rings is 2. The van der Waals surface area contributed by atoms with E-state index in [-0.39, 0.29) is 11.7 Å². The summed E-state index contributed by atoms with van der Waals surface area (Å²) in [4.78, 5) is 14.2. The van der Waals surface area contributed by atoms with E-state index in [4.69, 9.17) is 9.15 Å². The Morgan fingerprint density at radius 2 is 1.96 bits per heavy atom. The standard InChI is InChI=1S/C23H28N2O3/c1-5-16-9-10-20-18(13-23(26)28-22(20)11-16)14-24-15-21(25(2)3)17-7-6-8-19(12-17)27-4/h6-13,21,24H,5,14-15H2,1-4H3/t21-/m1/s1. The van der Waals surface area contributed by atoms with Crippen molar-refractivity contribution in [3.8, 4) is 5.75 Å². The number of ether oxygens (including phenoxy) is 1. The first-order valence-corrected chi connectivity index (χ1v) is 9.58. The van der Waals surface area contributed by atoms with E-state index < -0.39 is 0 Å². The molecular weight excluding hydrogens is 352 g/mol. The molecule has 0 saturated carbocycles. The van der Waals surface area contributed by atoms with Gasteiger partial charge in [-0.15, -0.1) is 0 Å². The lowest BCUT2D eigenvalue weighted by atomic mass is 10.0. The van der Waals surface area contributed by atoms with Crippen LogP contribution in [-0.2, 0) is 13.0 Å². The Labute approximate surface area is 165 Å². The van der Waals surface area contributed by atoms with Gasteiger partial charge in [-0.05, 0) is 55.4 Å². The van der Waals surface area contributed by atoms with Gasteiger partial charge in [-0.2, -0.15) is 0 Å². The summed E-state index contributed by atoms with van der Waals surface area (Å²) in [6.07, 6.45) is 0.910. The van der Waals surface area contributed by atoms with Crippen LogP contribution < -0.4 is 15.7 Å². The van der Waals surface area contributed by atoms with Crippen LogP contribution in [0.1, 0.15) is 29.7 Å². The van der Waals surface area contributed by atoms with Crippen LogP contribution in [0, 0.1) is 0 Å². The Balaban J connectivity index is 1.78. The monoisotopic (exact) mass is 380 g/mol. The molecule has 0 spiro atoms. The van der Waals surface area contributed by atoms with Gasteiger partial charge in [-0.1, -0.05) is 31.2 Å². The molecule has 0 aliphatic carbocycles. The molecule has 0 radical (unpaired) electrons. The second kappa shape index (κ2) is 9.04. The van der Waals surface area contributed by atoms with Gasteiger partial charge in [-0.3, -0.25) is 0 Å². The quantitative estimate of drug-likeness (QED) is 0.603. The first-order valence-electron chi connectivity index (χ1n) is 9.58. The molecule has 3 aromatic rings. The van der Waals surface area contributed by atoms with E-state index in [1.165, 1.54) is 5.56 Å². The van der Waals surface area contributed by atoms with E-state index in [9.17, 15) is 4.79 Å². The number of rotatable bonds is 8. The van der Waals surface area contributed by atoms with E-state index >= 15 is 0 Å². The van der Waals surface area contributed by atoms with Crippen LogP contribution in [0.5, 0.6) is 5.75 Å². The van der Waals surface area contributed by atoms with Crippen LogP contribution >= 0.6 is 0 Å². The van der Waals surface area contributed by atoms with Crippen LogP contribution in [-0.4, -0.2) is 32.6 Å². The average molecular weight is 380 g/mol. The largest absolute Gasteiger partial charge is 0.497 e. The highest BCUT2D eigenvalue weighted by molar-refractivity contribution is 5.80. The number of hydrogen-bond donors (Lipinski definition) is 1. The van der Waals surface area contributed by atoms with Crippen molar-refractivity contribution in [3.05, 3.63) is 75.6 Å². The van der Waals surface area contributed by atoms with Gasteiger partial charge in [0.15, 0.2) is 0 Å². The Morgan fingerprint density at radius 1 is 1.14 bits per heavy atom. The molecule has 1 heterocycles. The fourth-order valence-corrected chi connectivity index (χ4v) is 3.43. The molecule has 148 valence electrons. The Morgan fingerprint density at radius 3 is 2.68 bits per heavy atom. The Hall–Kier alpha value is -2.63. The molecule has 0 saturated heterocycles. The molecular formula is C23H28N2O3. The van der Waals surface area contributed by atoms with Crippen molar-refractivity contribution in [1.82, 2.24) is 10.2 Å². The van der Waals surface area contributed by atoms with Crippen LogP contribution in [0.25, 0.3) is 11.0 Å². The summed E-state index contributed by atoms with van der Waals surface area (Å²) in [6.45, 7) is 3.43. The van der Waals surface area contributed by atoms with Gasteiger partial charge in [0.25, 0.3) is 0 Å². The van der Waals surface area contributed by atoms with Gasteiger partial charge < -0.3 is 19.4 Å². The lowest BCUT2D eigenvalue weighted by molar-refractivity contribution is 0.287. The lowest BCUT2D eigenvalue weighted by Gasteiger charge is -2.25. The molecule has 0 bridgehead atoms. The zero-order valence-electron chi connectivity index (χ0n) is 17.0. The highest BCUT2D eigenvalue weighted by Gasteiger charge is 2.15. The zero-order chi connectivity index (χ0) is 20.1. The molecule has 1 atom stereocenters. The first kappa shape index (κ1) is 20.1. The topological polar surface area (TPSA) is 54.7 Å². The van der Waals surface area contributed by atoms with Gasteiger partial charge in [0.05, 0.1) is 7.11 Å². The van der Waals surface area contributed by atoms with Gasteiger partial charge in [0.2, 0.25) is 0 Å². The van der Waals surface area contributed by atoms with Crippen LogP contribution in [0.4, 0.5) is 0 Å². The van der Waals surface area contributed by atoms with E-state index in [0.717, 1.165) is 35.2 Å². The van der Waals surface area contributed by atoms with Crippen LogP contribution in [0.15, 0.2) is 57.7 Å². The maximum absolute atomic E-state index is 12.0. The van der Waals surface area contributed by atoms with Gasteiger partial charge in [0.1, 0.15) is 11.3 Å². The third-order valence-electron chi connectivity index (χ3n) is 5.06. The van der Waals surface area contributed by atoms with E-state index in [2.05, 4.69) is 49.4 Å². The maximum Gasteiger partial charge on any atom is 0.336 e. The molecule has 2 aromatic carbocycles. The molecule has 0 unspecified atom stereocenters. The number of likely N-dealkylation sites (N-methyl/N-ethyl adjacent to an activating group) is 1. The summed E-state index contributed by atoms with van der Waals surface area (Å²) in [7, 11) is 5.80. The van der Waals surface area contributed by atoms with Crippen molar-refractivity contribution in [2.24, 2.45) is 0 Å². The predicted molar refractivity (Wildman–Crippen MR) is 113 cm³/mol. The highest BCUT2D eigenvalue weighted by Crippen LogP contribution is 2.23. The summed E-state index contributed by atoms with van der Waals surface area (Å²) in [6, 6.07) is 16.0. The number of methoxy groups -OCH3 is 1. The van der Waals surface area contributed by atoms with Crippen LogP contribution in [0.2, 0.25) is 0 Å². The zero-order valence-corrected chi connectivity index (χ0v) is 17.0. The lowest BCUT2D eigenvalue weighted by Crippen LogP contribution is -2.31. The maximum atomic E-state index is 12.0. The summed E-state index contributed by atoms with van der Waals surface area (Å²) in [5, 5.41) is 4.48. The van der Waals surface area contributed by atoms with Gasteiger partial charge >= 0.3 is 5.63 Å². The van der Waals surface area contributed by atoms with Crippen LogP contribution in [0.3, 0.4) is 0 Å². The predicted octanol–water partition coefficient (Wildman–Crippen LogP) is 3.76. The number of aryl methyl sites for hydroxylation is 1. The molecule has 3 rings (SSSR count). The van der Waals surface area contributed by atoms with Crippen molar-refractivity contribution in [2.75, 3.05) is 27.7 Å². The van der Waals surface area contributed by atoms with Crippen molar-refractivity contribution in [1.29, 1.82) is 0 Å². The third-order valence-corrected chi connectivity index (χ3v) is 5.06. The molecule has 0 aliphatic heterocycles. The second-order valence-electron chi connectivity index (χ2n) is 7.16. The van der Waals surface area contributed by atoms with Crippen molar-refractivity contribution >= 4 is 11.0 Å². The SMILES string of the molecule is CCc1ccc2c(CNC[C@H](c3cccc(OC)c3)N(C)C)cc(=O)oc2c1. The van der Waals surface area contributed by atoms with E-state index in [1.54, 1.807) is 13.2 Å². The molecule has 0 fully saturated rings. The fraction of sp³-hybridized carbons (Fsp3) is 0.348. The number of hydrogen-bond acceptors (Lipinski definition) is 5. The second-order valence-corrected chi connectivity index (χ2v) is 7.16. The molecule has 28 heavy (non-hydrogen) atoms. The molecule has 1 aromatic heterocycles. The highest BCUT2D eigenvalue weighted by atomic mass is 16.5. The Bertz CT molecular complexity index is 995. The fourth-order valence-electron chi connectivity index (χ4n) is 3.43. The number of nitrogens with one attached hydrogen (secondary N) is 1. The summed E-state index contributed by atoms with van der Waals surface area (Å²) < 4.78 is 10.8. The Kier molecular flexibility index (Phi) is 6.49. The number of fused-ring (bicyclic) bond motifs is 1. The van der Waals surface area contributed by atoms with Crippen molar-refractivity contribution < 1.29 is 9.15 Å². The average Bonchev–Trinajstić information content (AvgIpc) is 2.70. The first-order chi connectivity index (χ1) is 13.5. The summed E-state index contributed by atoms with van der Waals surface area (Å²) in [5.41, 5.74) is 3.64. The smallest absolute Gasteiger partial charge is 0.336 e. The minimum atomic E-state index is -0.311. The molecule has 0 aliphatic rings. The van der Waals surface area contributed by atoms with Crippen molar-refractivity contribution in [3.63, 3.8) is 0 Å². The summed E-state index contributed by atoms with van der Waals surface area (Å²) >= 11 is 0. The van der Waals surface area contributed by atoms with Gasteiger partial charge in [0, 0.05) is 30.6 Å². The third kappa shape index (κ3) is 4.61. The summed E-state index contributed by atoms with van der Waals surface area (Å²) in [5.74, 6) is 0.850. The van der Waals surface area contributed by atoms with Gasteiger partial charge in [-0.25, -0.2) is 4.79 Å². The number of nitrogens with zero attached hydrogens (tertiary/aromatic N) is 1. The normalized spacial score (nSPS) is 12.5. The minimum absolute atomic E-state index is 0.188. The minimum Gasteiger partial charge on any atom is -0.497 e. The molecule has 1 N–H and O–H groups in total. The van der Waals surface area contributed by atoms with E-state index in [0.29, 0.717) is 12.1 Å². The van der Waals surface area contributed by atoms with E-state index in [1.807, 2.05) is 24.3 Å². The molecule has 0 amide bonds. The molecule has 5 nitrogen and oxygen atoms in total. The molecule has 5 heteroatoms. The van der Waals surface area contributed by atoms with Crippen molar-refractivity contribution in [2.45, 2.75) is 25.9 Å².